The predicted octanol–water partition coefficient (Wildman–Crippen LogP) is 3.15. The Morgan fingerprint density at radius 1 is 1.10 bits per heavy atom. The van der Waals surface area contributed by atoms with Gasteiger partial charge in [-0.3, -0.25) is 4.79 Å². The van der Waals surface area contributed by atoms with Gasteiger partial charge in [0.2, 0.25) is 15.9 Å². The number of ether oxygens (including phenoxy) is 1. The van der Waals surface area contributed by atoms with Gasteiger partial charge in [-0.25, -0.2) is 8.42 Å². The van der Waals surface area contributed by atoms with E-state index in [0.29, 0.717) is 32.0 Å². The van der Waals surface area contributed by atoms with Crippen molar-refractivity contribution < 1.29 is 17.9 Å². The Balaban J connectivity index is 1.42. The van der Waals surface area contributed by atoms with Crippen LogP contribution < -0.4 is 10.1 Å². The molecular formula is C21H26N2O4S2. The second-order valence-corrected chi connectivity index (χ2v) is 10.1. The fourth-order valence-corrected chi connectivity index (χ4v) is 5.46. The van der Waals surface area contributed by atoms with Gasteiger partial charge in [0.1, 0.15) is 12.4 Å². The molecule has 1 N–H and O–H groups in total. The molecule has 2 aromatic rings. The molecule has 0 aliphatic carbocycles. The third kappa shape index (κ3) is 5.98. The summed E-state index contributed by atoms with van der Waals surface area (Å²) in [6, 6.07) is 16.2. The van der Waals surface area contributed by atoms with Crippen LogP contribution in [0.2, 0.25) is 0 Å². The van der Waals surface area contributed by atoms with E-state index in [1.54, 1.807) is 24.3 Å². The van der Waals surface area contributed by atoms with Gasteiger partial charge in [-0.1, -0.05) is 18.2 Å². The van der Waals surface area contributed by atoms with Gasteiger partial charge in [-0.15, -0.1) is 11.8 Å². The topological polar surface area (TPSA) is 75.7 Å². The second-order valence-electron chi connectivity index (χ2n) is 6.80. The van der Waals surface area contributed by atoms with Crippen molar-refractivity contribution in [2.45, 2.75) is 34.8 Å². The maximum Gasteiger partial charge on any atom is 0.243 e. The molecule has 1 saturated heterocycles. The van der Waals surface area contributed by atoms with E-state index >= 15 is 0 Å². The summed E-state index contributed by atoms with van der Waals surface area (Å²) in [6.07, 6.45) is 1.82. The third-order valence-electron chi connectivity index (χ3n) is 4.62. The van der Waals surface area contributed by atoms with Gasteiger partial charge in [0.25, 0.3) is 0 Å². The average molecular weight is 435 g/mol. The van der Waals surface area contributed by atoms with Crippen molar-refractivity contribution in [2.75, 3.05) is 26.2 Å². The number of thioether (sulfide) groups is 1. The molecule has 3 rings (SSSR count). The molecule has 0 saturated carbocycles. The molecule has 0 radical (unpaired) electrons. The number of rotatable bonds is 9. The van der Waals surface area contributed by atoms with Crippen LogP contribution in [0, 0.1) is 0 Å². The number of amides is 1. The van der Waals surface area contributed by atoms with Gasteiger partial charge in [0, 0.05) is 18.0 Å². The maximum absolute atomic E-state index is 12.5. The largest absolute Gasteiger partial charge is 0.492 e. The molecule has 0 bridgehead atoms. The minimum atomic E-state index is -3.41. The zero-order valence-electron chi connectivity index (χ0n) is 16.4. The summed E-state index contributed by atoms with van der Waals surface area (Å²) in [4.78, 5) is 13.5. The molecule has 0 aromatic heterocycles. The quantitative estimate of drug-likeness (QED) is 0.485. The first-order chi connectivity index (χ1) is 14.0. The van der Waals surface area contributed by atoms with Crippen molar-refractivity contribution in [3.63, 3.8) is 0 Å². The van der Waals surface area contributed by atoms with Crippen LogP contribution in [0.15, 0.2) is 64.4 Å². The summed E-state index contributed by atoms with van der Waals surface area (Å²) in [7, 11) is -3.41. The lowest BCUT2D eigenvalue weighted by Gasteiger charge is -2.16. The summed E-state index contributed by atoms with van der Waals surface area (Å²) in [5.41, 5.74) is 0. The SMILES string of the molecule is C[C@H](Sc1ccccc1)C(=O)NCCOc1ccc(S(=O)(=O)N2CCCC2)cc1. The molecule has 1 fully saturated rings. The van der Waals surface area contributed by atoms with Gasteiger partial charge < -0.3 is 10.1 Å². The molecule has 156 valence electrons. The Morgan fingerprint density at radius 3 is 2.41 bits per heavy atom. The maximum atomic E-state index is 12.5. The van der Waals surface area contributed by atoms with E-state index in [0.717, 1.165) is 17.7 Å². The van der Waals surface area contributed by atoms with E-state index in [4.69, 9.17) is 4.74 Å². The Bertz CT molecular complexity index is 896. The number of nitrogens with one attached hydrogen (secondary N) is 1. The molecule has 0 spiro atoms. The fourth-order valence-electron chi connectivity index (χ4n) is 3.03. The van der Waals surface area contributed by atoms with Crippen LogP contribution in [0.3, 0.4) is 0 Å². The van der Waals surface area contributed by atoms with E-state index in [1.165, 1.54) is 16.1 Å². The summed E-state index contributed by atoms with van der Waals surface area (Å²) in [6.45, 7) is 3.73. The zero-order valence-corrected chi connectivity index (χ0v) is 18.0. The van der Waals surface area contributed by atoms with Gasteiger partial charge in [0.05, 0.1) is 16.7 Å². The minimum absolute atomic E-state index is 0.0468. The number of hydrogen-bond donors (Lipinski definition) is 1. The lowest BCUT2D eigenvalue weighted by Crippen LogP contribution is -2.33. The molecule has 1 aliphatic heterocycles. The van der Waals surface area contributed by atoms with E-state index in [2.05, 4.69) is 5.32 Å². The smallest absolute Gasteiger partial charge is 0.243 e. The highest BCUT2D eigenvalue weighted by Gasteiger charge is 2.26. The molecule has 0 unspecified atom stereocenters. The molecule has 1 heterocycles. The van der Waals surface area contributed by atoms with Crippen molar-refractivity contribution >= 4 is 27.7 Å². The van der Waals surface area contributed by atoms with Crippen LogP contribution in [-0.4, -0.2) is 50.1 Å². The summed E-state index contributed by atoms with van der Waals surface area (Å²) < 4.78 is 32.2. The summed E-state index contributed by atoms with van der Waals surface area (Å²) in [5.74, 6) is 0.529. The third-order valence-corrected chi connectivity index (χ3v) is 7.65. The normalized spacial score (nSPS) is 15.8. The van der Waals surface area contributed by atoms with Crippen molar-refractivity contribution in [2.24, 2.45) is 0 Å². The van der Waals surface area contributed by atoms with Crippen LogP contribution in [0.5, 0.6) is 5.75 Å². The predicted molar refractivity (Wildman–Crippen MR) is 115 cm³/mol. The van der Waals surface area contributed by atoms with Crippen LogP contribution in [0.4, 0.5) is 0 Å². The van der Waals surface area contributed by atoms with Crippen molar-refractivity contribution in [1.82, 2.24) is 9.62 Å². The molecule has 6 nitrogen and oxygen atoms in total. The van der Waals surface area contributed by atoms with Gasteiger partial charge in [0.15, 0.2) is 0 Å². The Morgan fingerprint density at radius 2 is 1.76 bits per heavy atom. The van der Waals surface area contributed by atoms with Crippen molar-refractivity contribution in [3.05, 3.63) is 54.6 Å². The highest BCUT2D eigenvalue weighted by Crippen LogP contribution is 2.23. The minimum Gasteiger partial charge on any atom is -0.492 e. The van der Waals surface area contributed by atoms with Gasteiger partial charge >= 0.3 is 0 Å². The molecule has 8 heteroatoms. The standard InChI is InChI=1S/C21H26N2O4S2/c1-17(28-19-7-3-2-4-8-19)21(24)22-13-16-27-18-9-11-20(12-10-18)29(25,26)23-14-5-6-15-23/h2-4,7-12,17H,5-6,13-16H2,1H3,(H,22,24)/t17-/m0/s1. The molecule has 1 atom stereocenters. The molecule has 1 amide bonds. The molecule has 2 aromatic carbocycles. The Labute approximate surface area is 176 Å². The number of nitrogens with zero attached hydrogens (tertiary/aromatic N) is 1. The van der Waals surface area contributed by atoms with E-state index in [1.807, 2.05) is 37.3 Å². The van der Waals surface area contributed by atoms with Crippen LogP contribution in [0.1, 0.15) is 19.8 Å². The highest BCUT2D eigenvalue weighted by molar-refractivity contribution is 8.00. The number of carbonyl (C=O) groups is 1. The highest BCUT2D eigenvalue weighted by atomic mass is 32.2. The van der Waals surface area contributed by atoms with E-state index in [-0.39, 0.29) is 16.1 Å². The zero-order chi connectivity index (χ0) is 20.7. The number of carbonyl (C=O) groups excluding carboxylic acids is 1. The van der Waals surface area contributed by atoms with E-state index < -0.39 is 10.0 Å². The first-order valence-corrected chi connectivity index (χ1v) is 12.0. The lowest BCUT2D eigenvalue weighted by atomic mass is 10.3. The van der Waals surface area contributed by atoms with Gasteiger partial charge in [-0.05, 0) is 56.2 Å². The average Bonchev–Trinajstić information content (AvgIpc) is 3.28. The fraction of sp³-hybridized carbons (Fsp3) is 0.381. The lowest BCUT2D eigenvalue weighted by molar-refractivity contribution is -0.120. The van der Waals surface area contributed by atoms with E-state index in [9.17, 15) is 13.2 Å². The number of benzene rings is 2. The van der Waals surface area contributed by atoms with Crippen LogP contribution >= 0.6 is 11.8 Å². The van der Waals surface area contributed by atoms with Crippen molar-refractivity contribution in [1.29, 1.82) is 0 Å². The van der Waals surface area contributed by atoms with Crippen molar-refractivity contribution in [3.8, 4) is 5.75 Å². The molecular weight excluding hydrogens is 408 g/mol. The van der Waals surface area contributed by atoms with Crippen LogP contribution in [0.25, 0.3) is 0 Å². The first-order valence-electron chi connectivity index (χ1n) is 9.69. The Hall–Kier alpha value is -2.03. The second kappa shape index (κ2) is 10.1. The number of sulfonamides is 1. The molecule has 29 heavy (non-hydrogen) atoms. The monoisotopic (exact) mass is 434 g/mol. The molecule has 1 aliphatic rings. The first kappa shape index (κ1) is 21.7. The summed E-state index contributed by atoms with van der Waals surface area (Å²) in [5, 5.41) is 2.66. The Kier molecular flexibility index (Phi) is 7.57. The summed E-state index contributed by atoms with van der Waals surface area (Å²) >= 11 is 1.51. The van der Waals surface area contributed by atoms with Crippen LogP contribution in [-0.2, 0) is 14.8 Å². The van der Waals surface area contributed by atoms with Gasteiger partial charge in [-0.2, -0.15) is 4.31 Å². The number of hydrogen-bond acceptors (Lipinski definition) is 5.